The van der Waals surface area contributed by atoms with E-state index in [2.05, 4.69) is 55.7 Å². The molecule has 1 aromatic rings. The molecule has 3 N–H and O–H groups in total. The Morgan fingerprint density at radius 1 is 1.22 bits per heavy atom. The van der Waals surface area contributed by atoms with Gasteiger partial charge in [0.1, 0.15) is 0 Å². The predicted molar refractivity (Wildman–Crippen MR) is 103 cm³/mol. The molecule has 0 radical (unpaired) electrons. The molecule has 1 aliphatic rings. The van der Waals surface area contributed by atoms with Crippen LogP contribution in [0.3, 0.4) is 0 Å². The van der Waals surface area contributed by atoms with Crippen molar-refractivity contribution in [3.8, 4) is 0 Å². The molecule has 0 aliphatic carbocycles. The fourth-order valence-corrected chi connectivity index (χ4v) is 3.54. The highest BCUT2D eigenvalue weighted by Crippen LogP contribution is 2.20. The number of nitrogens with one attached hydrogen (secondary N) is 3. The van der Waals surface area contributed by atoms with Gasteiger partial charge in [0.25, 0.3) is 0 Å². The maximum absolute atomic E-state index is 5.48. The number of rotatable bonds is 6. The number of likely N-dealkylation sites (tertiary alicyclic amines) is 1. The van der Waals surface area contributed by atoms with E-state index in [1.54, 1.807) is 4.90 Å². The van der Waals surface area contributed by atoms with Crippen molar-refractivity contribution in [2.45, 2.75) is 58.4 Å². The van der Waals surface area contributed by atoms with E-state index in [-0.39, 0.29) is 0 Å². The Balaban J connectivity index is 1.77. The van der Waals surface area contributed by atoms with Crippen LogP contribution in [0.15, 0.2) is 24.3 Å². The van der Waals surface area contributed by atoms with Crippen LogP contribution in [0.5, 0.6) is 0 Å². The number of benzene rings is 1. The summed E-state index contributed by atoms with van der Waals surface area (Å²) in [7, 11) is 0. The highest BCUT2D eigenvalue weighted by Gasteiger charge is 2.21. The van der Waals surface area contributed by atoms with Gasteiger partial charge in [-0.3, -0.25) is 0 Å². The third-order valence-corrected chi connectivity index (χ3v) is 5.20. The van der Waals surface area contributed by atoms with Gasteiger partial charge < -0.3 is 15.5 Å². The lowest BCUT2D eigenvalue weighted by atomic mass is 9.99. The zero-order chi connectivity index (χ0) is 16.7. The van der Waals surface area contributed by atoms with Crippen LogP contribution in [0.4, 0.5) is 5.69 Å². The maximum atomic E-state index is 5.48. The van der Waals surface area contributed by atoms with Gasteiger partial charge in [0.05, 0.1) is 19.6 Å². The van der Waals surface area contributed by atoms with E-state index in [1.807, 2.05) is 0 Å². The molecule has 1 saturated heterocycles. The first-order valence-electron chi connectivity index (χ1n) is 9.13. The quantitative estimate of drug-likeness (QED) is 0.699. The molecule has 1 fully saturated rings. The molecule has 128 valence electrons. The number of hydrogen-bond donors (Lipinski definition) is 3. The Morgan fingerprint density at radius 2 is 1.87 bits per heavy atom. The molecule has 0 unspecified atom stereocenters. The number of piperidine rings is 1. The van der Waals surface area contributed by atoms with Gasteiger partial charge in [-0.1, -0.05) is 32.9 Å². The van der Waals surface area contributed by atoms with Crippen molar-refractivity contribution in [3.63, 3.8) is 0 Å². The monoisotopic (exact) mass is 334 g/mol. The van der Waals surface area contributed by atoms with E-state index in [0.29, 0.717) is 12.0 Å². The van der Waals surface area contributed by atoms with Gasteiger partial charge in [0.2, 0.25) is 0 Å². The highest BCUT2D eigenvalue weighted by molar-refractivity contribution is 7.80. The van der Waals surface area contributed by atoms with Crippen molar-refractivity contribution in [2.75, 3.05) is 25.0 Å². The van der Waals surface area contributed by atoms with Crippen LogP contribution in [-0.4, -0.2) is 30.8 Å². The first-order valence-corrected chi connectivity index (χ1v) is 9.54. The largest absolute Gasteiger partial charge is 0.359 e. The Hall–Kier alpha value is -1.13. The van der Waals surface area contributed by atoms with E-state index in [0.717, 1.165) is 10.8 Å². The first kappa shape index (κ1) is 18.2. The van der Waals surface area contributed by atoms with Crippen LogP contribution >= 0.6 is 12.2 Å². The first-order chi connectivity index (χ1) is 11.1. The normalized spacial score (nSPS) is 22.4. The predicted octanol–water partition coefficient (Wildman–Crippen LogP) is 2.94. The van der Waals surface area contributed by atoms with Crippen LogP contribution in [0.1, 0.15) is 57.9 Å². The molecular formula is C19H32N3S+. The standard InChI is InChI=1S/C19H31N3S/c1-4-12-22-13-10-18(11-14-22)21-19(23)20-17-8-6-16(7-9-17)15(3)5-2/h6-9,15,18H,4-5,10-14H2,1-3H3,(H2,20,21,23)/p+1/t15-/m0/s1. The summed E-state index contributed by atoms with van der Waals surface area (Å²) in [5.74, 6) is 0.616. The van der Waals surface area contributed by atoms with Gasteiger partial charge in [0, 0.05) is 24.6 Å². The molecule has 0 amide bonds. The second-order valence-corrected chi connectivity index (χ2v) is 7.21. The third-order valence-electron chi connectivity index (χ3n) is 4.98. The highest BCUT2D eigenvalue weighted by atomic mass is 32.1. The lowest BCUT2D eigenvalue weighted by Gasteiger charge is -2.30. The molecule has 1 heterocycles. The summed E-state index contributed by atoms with van der Waals surface area (Å²) >= 11 is 5.48. The molecule has 1 aliphatic heterocycles. The number of hydrogen-bond acceptors (Lipinski definition) is 1. The fourth-order valence-electron chi connectivity index (χ4n) is 3.26. The topological polar surface area (TPSA) is 28.5 Å². The van der Waals surface area contributed by atoms with Gasteiger partial charge in [-0.05, 0) is 48.7 Å². The Labute approximate surface area is 146 Å². The molecule has 4 heteroatoms. The molecule has 0 spiro atoms. The molecule has 1 atom stereocenters. The average Bonchev–Trinajstić information content (AvgIpc) is 2.57. The summed E-state index contributed by atoms with van der Waals surface area (Å²) in [6.45, 7) is 10.6. The summed E-state index contributed by atoms with van der Waals surface area (Å²) in [5, 5.41) is 7.56. The van der Waals surface area contributed by atoms with Crippen molar-refractivity contribution < 1.29 is 4.90 Å². The van der Waals surface area contributed by atoms with Gasteiger partial charge in [-0.25, -0.2) is 0 Å². The zero-order valence-corrected chi connectivity index (χ0v) is 15.6. The van der Waals surface area contributed by atoms with Gasteiger partial charge >= 0.3 is 0 Å². The van der Waals surface area contributed by atoms with Crippen LogP contribution in [-0.2, 0) is 0 Å². The van der Waals surface area contributed by atoms with Gasteiger partial charge in [-0.15, -0.1) is 0 Å². The third kappa shape index (κ3) is 5.78. The second-order valence-electron chi connectivity index (χ2n) is 6.80. The molecule has 0 aromatic heterocycles. The number of anilines is 1. The molecule has 3 nitrogen and oxygen atoms in total. The summed E-state index contributed by atoms with van der Waals surface area (Å²) in [6.07, 6.45) is 4.87. The van der Waals surface area contributed by atoms with E-state index >= 15 is 0 Å². The molecule has 23 heavy (non-hydrogen) atoms. The van der Waals surface area contributed by atoms with E-state index in [4.69, 9.17) is 12.2 Å². The van der Waals surface area contributed by atoms with Crippen LogP contribution < -0.4 is 15.5 Å². The minimum absolute atomic E-state index is 0.523. The van der Waals surface area contributed by atoms with E-state index in [9.17, 15) is 0 Å². The Bertz CT molecular complexity index is 478. The van der Waals surface area contributed by atoms with Crippen molar-refractivity contribution in [1.82, 2.24) is 5.32 Å². The summed E-state index contributed by atoms with van der Waals surface area (Å²) in [6, 6.07) is 9.18. The van der Waals surface area contributed by atoms with E-state index in [1.165, 1.54) is 50.9 Å². The molecule has 0 saturated carbocycles. The molecular weight excluding hydrogens is 302 g/mol. The molecule has 0 bridgehead atoms. The minimum atomic E-state index is 0.523. The van der Waals surface area contributed by atoms with Gasteiger partial charge in [-0.2, -0.15) is 0 Å². The van der Waals surface area contributed by atoms with Crippen molar-refractivity contribution in [3.05, 3.63) is 29.8 Å². The SMILES string of the molecule is CCC[NH+]1CCC(NC(=S)Nc2ccc([C@@H](C)CC)cc2)CC1. The van der Waals surface area contributed by atoms with E-state index < -0.39 is 0 Å². The molecule has 1 aromatic carbocycles. The fraction of sp³-hybridized carbons (Fsp3) is 0.632. The summed E-state index contributed by atoms with van der Waals surface area (Å²) in [4.78, 5) is 1.74. The van der Waals surface area contributed by atoms with Crippen LogP contribution in [0.2, 0.25) is 0 Å². The second kappa shape index (κ2) is 9.24. The van der Waals surface area contributed by atoms with Crippen molar-refractivity contribution >= 4 is 23.0 Å². The lowest BCUT2D eigenvalue weighted by Crippen LogP contribution is -3.13. The summed E-state index contributed by atoms with van der Waals surface area (Å²) < 4.78 is 0. The van der Waals surface area contributed by atoms with Crippen LogP contribution in [0, 0.1) is 0 Å². The minimum Gasteiger partial charge on any atom is -0.359 e. The van der Waals surface area contributed by atoms with Crippen molar-refractivity contribution in [2.24, 2.45) is 0 Å². The Kier molecular flexibility index (Phi) is 7.31. The van der Waals surface area contributed by atoms with Crippen molar-refractivity contribution in [1.29, 1.82) is 0 Å². The number of thiocarbonyl (C=S) groups is 1. The van der Waals surface area contributed by atoms with Crippen LogP contribution in [0.25, 0.3) is 0 Å². The smallest absolute Gasteiger partial charge is 0.171 e. The maximum Gasteiger partial charge on any atom is 0.171 e. The Morgan fingerprint density at radius 3 is 2.43 bits per heavy atom. The average molecular weight is 335 g/mol. The number of quaternary nitrogens is 1. The summed E-state index contributed by atoms with van der Waals surface area (Å²) in [5.41, 5.74) is 2.46. The molecule has 2 rings (SSSR count). The lowest BCUT2D eigenvalue weighted by molar-refractivity contribution is -0.905. The zero-order valence-electron chi connectivity index (χ0n) is 14.8. The van der Waals surface area contributed by atoms with Gasteiger partial charge in [0.15, 0.2) is 5.11 Å².